The number of halogens is 17. The zero-order valence-corrected chi connectivity index (χ0v) is 18.3. The van der Waals surface area contributed by atoms with Crippen molar-refractivity contribution in [2.75, 3.05) is 21.3 Å². The lowest BCUT2D eigenvalue weighted by Gasteiger charge is -2.44. The third kappa shape index (κ3) is 5.05. The van der Waals surface area contributed by atoms with E-state index in [0.29, 0.717) is 0 Å². The number of hydrogen-bond acceptors (Lipinski definition) is 3. The minimum Gasteiger partial charge on any atom is -0.373 e. The molecule has 0 saturated carbocycles. The van der Waals surface area contributed by atoms with Crippen molar-refractivity contribution in [2.45, 2.75) is 66.5 Å². The van der Waals surface area contributed by atoms with Crippen molar-refractivity contribution in [1.29, 1.82) is 0 Å². The first kappa shape index (κ1) is 33.9. The van der Waals surface area contributed by atoms with Gasteiger partial charge in [0.05, 0.1) is 0 Å². The van der Waals surface area contributed by atoms with Crippen molar-refractivity contribution in [3.63, 3.8) is 0 Å². The minimum atomic E-state index is -8.38. The Morgan fingerprint density at radius 2 is 0.771 bits per heavy atom. The number of alkyl halides is 17. The van der Waals surface area contributed by atoms with Gasteiger partial charge in [-0.3, -0.25) is 0 Å². The zero-order valence-electron chi connectivity index (χ0n) is 17.3. The first-order valence-corrected chi connectivity index (χ1v) is 10.2. The van der Waals surface area contributed by atoms with Crippen LogP contribution in [0.4, 0.5) is 74.6 Å². The molecule has 0 rings (SSSR count). The van der Waals surface area contributed by atoms with Gasteiger partial charge in [-0.1, -0.05) is 0 Å². The largest absolute Gasteiger partial charge is 0.581 e. The average Bonchev–Trinajstić information content (AvgIpc) is 2.67. The molecule has 0 unspecified atom stereocenters. The summed E-state index contributed by atoms with van der Waals surface area (Å²) >= 11 is 0. The summed E-state index contributed by atoms with van der Waals surface area (Å²) in [5, 5.41) is 0. The molecule has 0 aliphatic carbocycles. The molecule has 0 N–H and O–H groups in total. The highest BCUT2D eigenvalue weighted by molar-refractivity contribution is 6.63. The molecular formula is C14H15F17O3Si. The van der Waals surface area contributed by atoms with Crippen molar-refractivity contribution >= 4 is 8.80 Å². The number of rotatable bonds is 13. The van der Waals surface area contributed by atoms with Gasteiger partial charge in [-0.2, -0.15) is 74.6 Å². The molecule has 0 aliphatic heterocycles. The second-order valence-electron chi connectivity index (χ2n) is 6.79. The Balaban J connectivity index is 6.63. The van der Waals surface area contributed by atoms with Crippen LogP contribution in [0.3, 0.4) is 0 Å². The predicted molar refractivity (Wildman–Crippen MR) is 81.3 cm³/mol. The van der Waals surface area contributed by atoms with Crippen LogP contribution in [0, 0.1) is 0 Å². The summed E-state index contributed by atoms with van der Waals surface area (Å²) in [6.45, 7) is 0. The molecule has 0 aromatic rings. The standard InChI is InChI=1S/C14H15F17O3Si/c1-32-35(33-2,34-3)14(30,31)13(28,29)12(26,27)11(24,25)10(22,23)9(20,21)7(15,16)5-4-6-8(17,18)19/h4-6H2,1-3H3. The van der Waals surface area contributed by atoms with E-state index in [1.807, 2.05) is 0 Å². The summed E-state index contributed by atoms with van der Waals surface area (Å²) in [4.78, 5) is 0. The van der Waals surface area contributed by atoms with Crippen molar-refractivity contribution in [1.82, 2.24) is 0 Å². The van der Waals surface area contributed by atoms with Crippen LogP contribution < -0.4 is 0 Å². The average molecular weight is 582 g/mol. The molecule has 0 aromatic carbocycles. The summed E-state index contributed by atoms with van der Waals surface area (Å²) < 4.78 is 241. The molecule has 0 atom stereocenters. The van der Waals surface area contributed by atoms with Crippen molar-refractivity contribution in [2.24, 2.45) is 0 Å². The van der Waals surface area contributed by atoms with Crippen molar-refractivity contribution in [3.05, 3.63) is 0 Å². The van der Waals surface area contributed by atoms with Gasteiger partial charge >= 0.3 is 56.1 Å². The lowest BCUT2D eigenvalue weighted by molar-refractivity contribution is -0.438. The van der Waals surface area contributed by atoms with Crippen LogP contribution >= 0.6 is 0 Å². The minimum absolute atomic E-state index is 0.0454. The summed E-state index contributed by atoms with van der Waals surface area (Å²) in [5.41, 5.74) is -6.77. The van der Waals surface area contributed by atoms with Crippen molar-refractivity contribution in [3.8, 4) is 0 Å². The molecule has 0 bridgehead atoms. The maximum absolute atomic E-state index is 14.2. The fraction of sp³-hybridized carbons (Fsp3) is 1.00. The molecule has 0 aromatic heterocycles. The molecular weight excluding hydrogens is 567 g/mol. The highest BCUT2D eigenvalue weighted by Crippen LogP contribution is 2.63. The normalized spacial score (nSPS) is 16.1. The van der Waals surface area contributed by atoms with Gasteiger partial charge in [-0.25, -0.2) is 0 Å². The molecule has 3 nitrogen and oxygen atoms in total. The second-order valence-corrected chi connectivity index (χ2v) is 9.75. The lowest BCUT2D eigenvalue weighted by Crippen LogP contribution is -2.77. The molecule has 0 aliphatic rings. The van der Waals surface area contributed by atoms with Crippen LogP contribution in [0.2, 0.25) is 0 Å². The van der Waals surface area contributed by atoms with E-state index in [4.69, 9.17) is 0 Å². The van der Waals surface area contributed by atoms with E-state index in [2.05, 4.69) is 13.3 Å². The van der Waals surface area contributed by atoms with Gasteiger partial charge in [-0.15, -0.1) is 0 Å². The maximum Gasteiger partial charge on any atom is 0.581 e. The highest BCUT2D eigenvalue weighted by Gasteiger charge is 2.95. The van der Waals surface area contributed by atoms with E-state index in [-0.39, 0.29) is 21.3 Å². The summed E-state index contributed by atoms with van der Waals surface area (Å²) in [5.74, 6) is -47.0. The lowest BCUT2D eigenvalue weighted by atomic mass is 9.89. The molecule has 0 saturated heterocycles. The van der Waals surface area contributed by atoms with Gasteiger partial charge in [0.1, 0.15) is 0 Å². The molecule has 21 heteroatoms. The van der Waals surface area contributed by atoms with E-state index < -0.39 is 75.3 Å². The van der Waals surface area contributed by atoms with Gasteiger partial charge in [0, 0.05) is 34.2 Å². The summed E-state index contributed by atoms with van der Waals surface area (Å²) in [6.07, 6.45) is -12.8. The van der Waals surface area contributed by atoms with E-state index in [9.17, 15) is 74.6 Å². The van der Waals surface area contributed by atoms with E-state index in [1.54, 1.807) is 0 Å². The van der Waals surface area contributed by atoms with E-state index in [1.165, 1.54) is 0 Å². The Hall–Kier alpha value is -1.09. The molecule has 0 heterocycles. The van der Waals surface area contributed by atoms with Gasteiger partial charge in [0.2, 0.25) is 0 Å². The molecule has 0 spiro atoms. The van der Waals surface area contributed by atoms with Gasteiger partial charge < -0.3 is 13.3 Å². The predicted octanol–water partition coefficient (Wildman–Crippen LogP) is 6.58. The SMILES string of the molecule is CO[Si](OC)(OC)C(F)(F)C(F)(F)C(F)(F)C(F)(F)C(F)(F)C(F)(F)C(F)(F)CCCC(F)(F)F. The molecule has 35 heavy (non-hydrogen) atoms. The van der Waals surface area contributed by atoms with Crippen LogP contribution in [0.5, 0.6) is 0 Å². The summed E-state index contributed by atoms with van der Waals surface area (Å²) in [7, 11) is -6.39. The third-order valence-corrected chi connectivity index (χ3v) is 7.27. The fourth-order valence-corrected chi connectivity index (χ4v) is 4.32. The Kier molecular flexibility index (Phi) is 9.35. The highest BCUT2D eigenvalue weighted by atomic mass is 28.4. The summed E-state index contributed by atoms with van der Waals surface area (Å²) in [6, 6.07) is 0. The monoisotopic (exact) mass is 582 g/mol. The smallest absolute Gasteiger partial charge is 0.373 e. The Bertz CT molecular complexity index is 709. The number of hydrogen-bond donors (Lipinski definition) is 0. The van der Waals surface area contributed by atoms with Crippen LogP contribution in [0.25, 0.3) is 0 Å². The van der Waals surface area contributed by atoms with E-state index >= 15 is 0 Å². The third-order valence-electron chi connectivity index (χ3n) is 4.57. The van der Waals surface area contributed by atoms with Crippen LogP contribution in [-0.4, -0.2) is 77.4 Å². The maximum atomic E-state index is 14.2. The van der Waals surface area contributed by atoms with Crippen LogP contribution in [-0.2, 0) is 13.3 Å². The second kappa shape index (κ2) is 9.65. The van der Waals surface area contributed by atoms with Gasteiger partial charge in [-0.05, 0) is 6.42 Å². The molecule has 212 valence electrons. The van der Waals surface area contributed by atoms with Crippen LogP contribution in [0.1, 0.15) is 19.3 Å². The van der Waals surface area contributed by atoms with E-state index in [0.717, 1.165) is 0 Å². The quantitative estimate of drug-likeness (QED) is 0.181. The molecule has 0 radical (unpaired) electrons. The van der Waals surface area contributed by atoms with Crippen molar-refractivity contribution < 1.29 is 87.9 Å². The Labute approximate surface area is 185 Å². The zero-order chi connectivity index (χ0) is 28.7. The van der Waals surface area contributed by atoms with Gasteiger partial charge in [0.15, 0.2) is 0 Å². The topological polar surface area (TPSA) is 27.7 Å². The van der Waals surface area contributed by atoms with Gasteiger partial charge in [0.25, 0.3) is 0 Å². The first-order valence-electron chi connectivity index (χ1n) is 8.51. The fourth-order valence-electron chi connectivity index (χ4n) is 2.51. The molecule has 0 amide bonds. The Morgan fingerprint density at radius 3 is 1.09 bits per heavy atom. The molecule has 0 fully saturated rings. The Morgan fingerprint density at radius 1 is 0.457 bits per heavy atom. The first-order chi connectivity index (χ1) is 15.1. The van der Waals surface area contributed by atoms with Crippen LogP contribution in [0.15, 0.2) is 0 Å².